The van der Waals surface area contributed by atoms with Crippen molar-refractivity contribution < 1.29 is 9.84 Å². The molecule has 0 atom stereocenters. The van der Waals surface area contributed by atoms with Gasteiger partial charge < -0.3 is 14.7 Å². The number of halogens is 1. The molecule has 0 saturated carbocycles. The molecule has 0 aliphatic carbocycles. The summed E-state index contributed by atoms with van der Waals surface area (Å²) in [6.07, 6.45) is 6.66. The lowest BCUT2D eigenvalue weighted by Gasteiger charge is -2.38. The quantitative estimate of drug-likeness (QED) is 0.578. The highest BCUT2D eigenvalue weighted by Gasteiger charge is 2.33. The lowest BCUT2D eigenvalue weighted by atomic mass is 9.84. The zero-order chi connectivity index (χ0) is 21.5. The van der Waals surface area contributed by atoms with Gasteiger partial charge in [-0.05, 0) is 80.6 Å². The summed E-state index contributed by atoms with van der Waals surface area (Å²) in [5, 5.41) is 11.8. The van der Waals surface area contributed by atoms with Crippen LogP contribution in [0, 0.1) is 0 Å². The van der Waals surface area contributed by atoms with Crippen molar-refractivity contribution >= 4 is 11.6 Å². The zero-order valence-electron chi connectivity index (χ0n) is 18.4. The summed E-state index contributed by atoms with van der Waals surface area (Å²) in [6, 6.07) is 16.1. The van der Waals surface area contributed by atoms with Crippen molar-refractivity contribution in [3.8, 4) is 5.75 Å². The standard InChI is InChI=1S/C26H35ClN2O2/c27-24-9-7-23(8-10-24)26(30)13-18-29(19-14-26)21-22-5-11-25(12-6-22)31-20-4-17-28-15-2-1-3-16-28/h5-12,30H,1-4,13-21H2. The molecule has 0 spiro atoms. The van der Waals surface area contributed by atoms with Crippen LogP contribution in [-0.4, -0.2) is 54.2 Å². The summed E-state index contributed by atoms with van der Waals surface area (Å²) in [7, 11) is 0. The Labute approximate surface area is 191 Å². The van der Waals surface area contributed by atoms with Crippen LogP contribution in [0.2, 0.25) is 5.02 Å². The second-order valence-electron chi connectivity index (χ2n) is 9.06. The van der Waals surface area contributed by atoms with Gasteiger partial charge in [0, 0.05) is 31.2 Å². The lowest BCUT2D eigenvalue weighted by Crippen LogP contribution is -2.42. The van der Waals surface area contributed by atoms with Gasteiger partial charge in [-0.15, -0.1) is 0 Å². The second-order valence-corrected chi connectivity index (χ2v) is 9.50. The highest BCUT2D eigenvalue weighted by Crippen LogP contribution is 2.33. The van der Waals surface area contributed by atoms with E-state index in [9.17, 15) is 5.11 Å². The van der Waals surface area contributed by atoms with Gasteiger partial charge in [-0.1, -0.05) is 42.3 Å². The minimum atomic E-state index is -0.743. The van der Waals surface area contributed by atoms with Crippen LogP contribution in [0.15, 0.2) is 48.5 Å². The highest BCUT2D eigenvalue weighted by atomic mass is 35.5. The fourth-order valence-electron chi connectivity index (χ4n) is 4.74. The van der Waals surface area contributed by atoms with E-state index in [1.54, 1.807) is 0 Å². The van der Waals surface area contributed by atoms with E-state index >= 15 is 0 Å². The number of nitrogens with zero attached hydrogens (tertiary/aromatic N) is 2. The van der Waals surface area contributed by atoms with E-state index in [1.165, 1.54) is 37.9 Å². The molecule has 5 heteroatoms. The third kappa shape index (κ3) is 6.45. The fraction of sp³-hybridized carbons (Fsp3) is 0.538. The maximum atomic E-state index is 11.1. The van der Waals surface area contributed by atoms with Gasteiger partial charge in [0.2, 0.25) is 0 Å². The monoisotopic (exact) mass is 442 g/mol. The molecule has 0 bridgehead atoms. The Bertz CT molecular complexity index is 795. The Hall–Kier alpha value is -1.59. The van der Waals surface area contributed by atoms with Crippen molar-refractivity contribution in [1.29, 1.82) is 0 Å². The number of ether oxygens (including phenoxy) is 1. The van der Waals surface area contributed by atoms with Gasteiger partial charge in [-0.3, -0.25) is 4.90 Å². The van der Waals surface area contributed by atoms with Crippen molar-refractivity contribution in [2.24, 2.45) is 0 Å². The average molecular weight is 443 g/mol. The van der Waals surface area contributed by atoms with Crippen molar-refractivity contribution in [1.82, 2.24) is 9.80 Å². The number of hydrogen-bond donors (Lipinski definition) is 1. The van der Waals surface area contributed by atoms with Crippen LogP contribution >= 0.6 is 11.6 Å². The van der Waals surface area contributed by atoms with Crippen LogP contribution in [0.4, 0.5) is 0 Å². The molecule has 4 nitrogen and oxygen atoms in total. The molecule has 2 aromatic carbocycles. The molecule has 4 rings (SSSR count). The zero-order valence-corrected chi connectivity index (χ0v) is 19.2. The van der Waals surface area contributed by atoms with Crippen molar-refractivity contribution in [3.05, 3.63) is 64.7 Å². The summed E-state index contributed by atoms with van der Waals surface area (Å²) in [4.78, 5) is 4.97. The van der Waals surface area contributed by atoms with Crippen molar-refractivity contribution in [2.75, 3.05) is 39.3 Å². The second kappa shape index (κ2) is 10.8. The summed E-state index contributed by atoms with van der Waals surface area (Å²) >= 11 is 5.99. The normalized spacial score (nSPS) is 19.9. The van der Waals surface area contributed by atoms with E-state index in [4.69, 9.17) is 16.3 Å². The van der Waals surface area contributed by atoms with Crippen LogP contribution in [0.25, 0.3) is 0 Å². The number of hydrogen-bond acceptors (Lipinski definition) is 4. The Kier molecular flexibility index (Phi) is 7.89. The lowest BCUT2D eigenvalue weighted by molar-refractivity contribution is -0.0277. The highest BCUT2D eigenvalue weighted by molar-refractivity contribution is 6.30. The molecule has 2 heterocycles. The number of rotatable bonds is 8. The minimum absolute atomic E-state index is 0.708. The maximum Gasteiger partial charge on any atom is 0.119 e. The molecule has 0 aromatic heterocycles. The number of piperidine rings is 2. The predicted octanol–water partition coefficient (Wildman–Crippen LogP) is 5.08. The molecule has 0 radical (unpaired) electrons. The Morgan fingerprint density at radius 3 is 2.19 bits per heavy atom. The van der Waals surface area contributed by atoms with Gasteiger partial charge in [-0.2, -0.15) is 0 Å². The minimum Gasteiger partial charge on any atom is -0.494 e. The summed E-state index contributed by atoms with van der Waals surface area (Å²) < 4.78 is 5.94. The van der Waals surface area contributed by atoms with Crippen LogP contribution in [0.1, 0.15) is 49.7 Å². The van der Waals surface area contributed by atoms with Crippen LogP contribution in [0.5, 0.6) is 5.75 Å². The fourth-order valence-corrected chi connectivity index (χ4v) is 4.87. The van der Waals surface area contributed by atoms with Crippen LogP contribution in [-0.2, 0) is 12.1 Å². The molecule has 1 N–H and O–H groups in total. The number of aliphatic hydroxyl groups is 1. The smallest absolute Gasteiger partial charge is 0.119 e. The Balaban J connectivity index is 1.18. The van der Waals surface area contributed by atoms with E-state index in [-0.39, 0.29) is 0 Å². The predicted molar refractivity (Wildman–Crippen MR) is 127 cm³/mol. The Morgan fingerprint density at radius 1 is 0.839 bits per heavy atom. The summed E-state index contributed by atoms with van der Waals surface area (Å²) in [5.41, 5.74) is 1.52. The van der Waals surface area contributed by atoms with E-state index < -0.39 is 5.60 Å². The molecule has 0 unspecified atom stereocenters. The molecule has 2 fully saturated rings. The molecule has 31 heavy (non-hydrogen) atoms. The number of likely N-dealkylation sites (tertiary alicyclic amines) is 2. The average Bonchev–Trinajstić information content (AvgIpc) is 2.80. The number of benzene rings is 2. The van der Waals surface area contributed by atoms with Gasteiger partial charge >= 0.3 is 0 Å². The van der Waals surface area contributed by atoms with Gasteiger partial charge in [0.1, 0.15) is 5.75 Å². The van der Waals surface area contributed by atoms with Gasteiger partial charge in [0.25, 0.3) is 0 Å². The molecule has 2 aliphatic rings. The third-order valence-corrected chi connectivity index (χ3v) is 6.98. The third-order valence-electron chi connectivity index (χ3n) is 6.73. The topological polar surface area (TPSA) is 35.9 Å². The van der Waals surface area contributed by atoms with Crippen LogP contribution < -0.4 is 4.74 Å². The maximum absolute atomic E-state index is 11.1. The molecular weight excluding hydrogens is 408 g/mol. The van der Waals surface area contributed by atoms with E-state index in [0.29, 0.717) is 5.02 Å². The van der Waals surface area contributed by atoms with Crippen molar-refractivity contribution in [3.63, 3.8) is 0 Å². The summed E-state index contributed by atoms with van der Waals surface area (Å²) in [6.45, 7) is 7.11. The molecule has 2 aliphatic heterocycles. The van der Waals surface area contributed by atoms with Crippen molar-refractivity contribution in [2.45, 2.75) is 50.7 Å². The Morgan fingerprint density at radius 2 is 1.52 bits per heavy atom. The molecule has 2 saturated heterocycles. The first-order chi connectivity index (χ1) is 15.1. The first-order valence-corrected chi connectivity index (χ1v) is 12.1. The first kappa shape index (κ1) is 22.6. The van der Waals surface area contributed by atoms with E-state index in [0.717, 1.165) is 63.4 Å². The molecule has 2 aromatic rings. The van der Waals surface area contributed by atoms with Gasteiger partial charge in [0.05, 0.1) is 12.2 Å². The van der Waals surface area contributed by atoms with E-state index in [2.05, 4.69) is 34.1 Å². The molecule has 168 valence electrons. The van der Waals surface area contributed by atoms with Gasteiger partial charge in [-0.25, -0.2) is 0 Å². The molecule has 0 amide bonds. The van der Waals surface area contributed by atoms with Crippen LogP contribution in [0.3, 0.4) is 0 Å². The van der Waals surface area contributed by atoms with Gasteiger partial charge in [0.15, 0.2) is 0 Å². The largest absolute Gasteiger partial charge is 0.494 e. The van der Waals surface area contributed by atoms with E-state index in [1.807, 2.05) is 24.3 Å². The SMILES string of the molecule is OC1(c2ccc(Cl)cc2)CCN(Cc2ccc(OCCCN3CCCCC3)cc2)CC1. The summed E-state index contributed by atoms with van der Waals surface area (Å²) in [5.74, 6) is 0.957. The first-order valence-electron chi connectivity index (χ1n) is 11.8. The molecular formula is C26H35ClN2O2.